The zero-order valence-electron chi connectivity index (χ0n) is 24.1. The summed E-state index contributed by atoms with van der Waals surface area (Å²) in [6.45, 7) is 3.51. The summed E-state index contributed by atoms with van der Waals surface area (Å²) in [5, 5.41) is 11.0. The van der Waals surface area contributed by atoms with Crippen molar-refractivity contribution in [1.29, 1.82) is 0 Å². The molecule has 0 amide bonds. The minimum absolute atomic E-state index is 0.112. The molecule has 9 heteroatoms. The molecule has 4 aliphatic rings. The number of ether oxygens (including phenoxy) is 1. The minimum Gasteiger partial charge on any atom is -0.446 e. The number of alkyl halides is 2. The van der Waals surface area contributed by atoms with E-state index >= 15 is 4.39 Å². The molecule has 1 N–H and O–H groups in total. The van der Waals surface area contributed by atoms with Gasteiger partial charge in [-0.2, -0.15) is 0 Å². The van der Waals surface area contributed by atoms with Crippen LogP contribution in [-0.4, -0.2) is 45.4 Å². The summed E-state index contributed by atoms with van der Waals surface area (Å²) in [7, 11) is 0. The van der Waals surface area contributed by atoms with Crippen molar-refractivity contribution in [3.63, 3.8) is 0 Å². The van der Waals surface area contributed by atoms with Gasteiger partial charge in [-0.15, -0.1) is 0 Å². The molecule has 0 aliphatic heterocycles. The molecule has 0 spiro atoms. The third kappa shape index (κ3) is 4.56. The highest BCUT2D eigenvalue weighted by molar-refractivity contribution is 8.13. The Labute approximate surface area is 258 Å². The van der Waals surface area contributed by atoms with Crippen molar-refractivity contribution in [2.75, 3.05) is 6.01 Å². The number of thioether (sulfide) groups is 1. The van der Waals surface area contributed by atoms with Gasteiger partial charge in [0.15, 0.2) is 17.1 Å². The third-order valence-electron chi connectivity index (χ3n) is 10.6. The average Bonchev–Trinajstić information content (AvgIpc) is 3.27. The Morgan fingerprint density at radius 1 is 1.02 bits per heavy atom. The predicted molar refractivity (Wildman–Crippen MR) is 162 cm³/mol. The second kappa shape index (κ2) is 11.0. The van der Waals surface area contributed by atoms with Crippen molar-refractivity contribution in [1.82, 2.24) is 0 Å². The molecule has 4 aliphatic carbocycles. The molecule has 5 nitrogen and oxygen atoms in total. The van der Waals surface area contributed by atoms with E-state index in [0.717, 1.165) is 9.79 Å². The lowest BCUT2D eigenvalue weighted by molar-refractivity contribution is -0.214. The molecule has 7 atom stereocenters. The minimum atomic E-state index is -2.08. The van der Waals surface area contributed by atoms with E-state index in [2.05, 4.69) is 0 Å². The van der Waals surface area contributed by atoms with Crippen molar-refractivity contribution in [2.24, 2.45) is 22.7 Å². The number of carbonyl (C=O) groups is 3. The summed E-state index contributed by atoms with van der Waals surface area (Å²) >= 11 is 1.99. The first kappa shape index (κ1) is 30.3. The van der Waals surface area contributed by atoms with Gasteiger partial charge in [-0.25, -0.2) is 13.6 Å². The van der Waals surface area contributed by atoms with Gasteiger partial charge in [-0.3, -0.25) is 9.59 Å². The Kier molecular flexibility index (Phi) is 7.75. The zero-order chi connectivity index (χ0) is 30.6. The number of carbonyl (C=O) groups excluding carboxylic acids is 3. The largest absolute Gasteiger partial charge is 0.446 e. The number of hydrogen-bond donors (Lipinski definition) is 1. The number of esters is 1. The van der Waals surface area contributed by atoms with Crippen LogP contribution in [0.2, 0.25) is 0 Å². The number of halogens is 2. The Bertz CT molecular complexity index is 1510. The first-order valence-corrected chi connectivity index (χ1v) is 16.4. The highest BCUT2D eigenvalue weighted by Gasteiger charge is 2.75. The van der Waals surface area contributed by atoms with Crippen molar-refractivity contribution < 1.29 is 33.0 Å². The SMILES string of the molecule is C[C@]12C=CC(=O)C=C1CC[C@H]1[C@@H]3CC[C@](OC(=O)c4ccc(Sc5ccccc5)cc4)(C(=O)SCF)[C@@]3(C)C[C@H](O)[C@@]12F. The molecule has 0 aromatic heterocycles. The molecule has 0 saturated heterocycles. The number of ketones is 1. The van der Waals surface area contributed by atoms with Gasteiger partial charge in [0.2, 0.25) is 5.12 Å². The maximum absolute atomic E-state index is 17.5. The Morgan fingerprint density at radius 2 is 1.72 bits per heavy atom. The Balaban J connectivity index is 1.31. The van der Waals surface area contributed by atoms with E-state index in [1.165, 1.54) is 12.2 Å². The topological polar surface area (TPSA) is 80.7 Å². The lowest BCUT2D eigenvalue weighted by atomic mass is 9.45. The smallest absolute Gasteiger partial charge is 0.339 e. The van der Waals surface area contributed by atoms with E-state index in [4.69, 9.17) is 4.74 Å². The van der Waals surface area contributed by atoms with E-state index in [9.17, 15) is 23.9 Å². The summed E-state index contributed by atoms with van der Waals surface area (Å²) in [6, 6.07) is 15.7. The molecule has 3 fully saturated rings. The van der Waals surface area contributed by atoms with Gasteiger partial charge in [0, 0.05) is 26.5 Å². The maximum Gasteiger partial charge on any atom is 0.339 e. The standard InChI is InChI=1S/C34H34F2O5S2/c1-31-16-14-23(37)18-22(31)10-13-27-26-15-17-33(30(40)42-20-35,32(26,2)19-28(38)34(27,31)36)41-29(39)21-8-11-25(12-9-21)43-24-6-4-3-5-7-24/h3-9,11-12,14,16,18,26-28,38H,10,13,15,17,19-20H2,1-2H3/t26-,27-,28-,31-,32-,33-,34-/m0/s1. The summed E-state index contributed by atoms with van der Waals surface area (Å²) in [6.07, 6.45) is 4.13. The zero-order valence-corrected chi connectivity index (χ0v) is 25.7. The first-order chi connectivity index (χ1) is 20.5. The maximum atomic E-state index is 17.5. The third-order valence-corrected chi connectivity index (χ3v) is 12.3. The summed E-state index contributed by atoms with van der Waals surface area (Å²) < 4.78 is 37.2. The Hall–Kier alpha value is -2.75. The molecule has 6 rings (SSSR count). The highest BCUT2D eigenvalue weighted by Crippen LogP contribution is 2.70. The van der Waals surface area contributed by atoms with Crippen LogP contribution in [-0.2, 0) is 14.3 Å². The van der Waals surface area contributed by atoms with Crippen molar-refractivity contribution in [3.8, 4) is 0 Å². The van der Waals surface area contributed by atoms with Crippen LogP contribution in [0.25, 0.3) is 0 Å². The number of benzene rings is 2. The van der Waals surface area contributed by atoms with E-state index in [-0.39, 0.29) is 24.2 Å². The van der Waals surface area contributed by atoms with E-state index in [1.54, 1.807) is 56.0 Å². The van der Waals surface area contributed by atoms with Gasteiger partial charge in [0.25, 0.3) is 0 Å². The fraction of sp³-hybridized carbons (Fsp3) is 0.441. The molecular weight excluding hydrogens is 590 g/mol. The van der Waals surface area contributed by atoms with Gasteiger partial charge in [0.1, 0.15) is 6.01 Å². The average molecular weight is 625 g/mol. The van der Waals surface area contributed by atoms with Crippen molar-refractivity contribution in [2.45, 2.75) is 73.1 Å². The molecule has 0 radical (unpaired) electrons. The van der Waals surface area contributed by atoms with Crippen LogP contribution in [0.3, 0.4) is 0 Å². The van der Waals surface area contributed by atoms with Gasteiger partial charge in [0.05, 0.1) is 11.7 Å². The van der Waals surface area contributed by atoms with Crippen LogP contribution in [0.4, 0.5) is 8.78 Å². The quantitative estimate of drug-likeness (QED) is 0.338. The molecule has 43 heavy (non-hydrogen) atoms. The molecule has 0 unspecified atom stereocenters. The molecular formula is C34H34F2O5S2. The number of aliphatic hydroxyl groups excluding tert-OH is 1. The monoisotopic (exact) mass is 624 g/mol. The van der Waals surface area contributed by atoms with E-state index in [0.29, 0.717) is 36.6 Å². The first-order valence-electron chi connectivity index (χ1n) is 14.6. The van der Waals surface area contributed by atoms with Crippen LogP contribution in [0.5, 0.6) is 0 Å². The van der Waals surface area contributed by atoms with Crippen molar-refractivity contribution >= 4 is 40.4 Å². The van der Waals surface area contributed by atoms with Gasteiger partial charge < -0.3 is 9.84 Å². The normalized spacial score (nSPS) is 36.3. The molecule has 0 bridgehead atoms. The molecule has 2 aromatic rings. The van der Waals surface area contributed by atoms with Crippen molar-refractivity contribution in [3.05, 3.63) is 84.0 Å². The fourth-order valence-electron chi connectivity index (χ4n) is 8.41. The lowest BCUT2D eigenvalue weighted by Crippen LogP contribution is -2.69. The van der Waals surface area contributed by atoms with Crippen LogP contribution in [0, 0.1) is 22.7 Å². The van der Waals surface area contributed by atoms with E-state index in [1.807, 2.05) is 30.3 Å². The van der Waals surface area contributed by atoms with Crippen LogP contribution >= 0.6 is 23.5 Å². The second-order valence-electron chi connectivity index (χ2n) is 12.5. The Morgan fingerprint density at radius 3 is 2.42 bits per heavy atom. The number of fused-ring (bicyclic) bond motifs is 5. The molecule has 0 heterocycles. The predicted octanol–water partition coefficient (Wildman–Crippen LogP) is 7.29. The fourth-order valence-corrected chi connectivity index (χ4v) is 9.96. The van der Waals surface area contributed by atoms with Gasteiger partial charge in [-0.05, 0) is 105 Å². The van der Waals surface area contributed by atoms with Gasteiger partial charge >= 0.3 is 5.97 Å². The second-order valence-corrected chi connectivity index (χ2v) is 14.5. The van der Waals surface area contributed by atoms with Crippen LogP contribution < -0.4 is 0 Å². The summed E-state index contributed by atoms with van der Waals surface area (Å²) in [4.78, 5) is 41.4. The van der Waals surface area contributed by atoms with E-state index < -0.39 is 57.1 Å². The van der Waals surface area contributed by atoms with Crippen LogP contribution in [0.15, 0.2) is 88.2 Å². The molecule has 226 valence electrons. The number of allylic oxidation sites excluding steroid dienone is 4. The summed E-state index contributed by atoms with van der Waals surface area (Å²) in [5.41, 5.74) is -5.22. The van der Waals surface area contributed by atoms with Crippen LogP contribution in [0.1, 0.15) is 56.3 Å². The molecule has 3 saturated carbocycles. The van der Waals surface area contributed by atoms with Gasteiger partial charge in [-0.1, -0.05) is 48.5 Å². The molecule has 2 aromatic carbocycles. The number of aliphatic hydroxyl groups is 1. The number of rotatable bonds is 6. The highest BCUT2D eigenvalue weighted by atomic mass is 32.2. The summed E-state index contributed by atoms with van der Waals surface area (Å²) in [5.74, 6) is -1.98. The lowest BCUT2D eigenvalue weighted by Gasteiger charge is -2.62. The number of hydrogen-bond acceptors (Lipinski definition) is 7.